The zero-order chi connectivity index (χ0) is 21.1. The normalized spacial score (nSPS) is 11.9. The van der Waals surface area contributed by atoms with Gasteiger partial charge in [-0.15, -0.1) is 0 Å². The number of rotatable bonds is 5. The van der Waals surface area contributed by atoms with Crippen LogP contribution in [0, 0.1) is 20.8 Å². The smallest absolute Gasteiger partial charge is 0.271 e. The SMILES string of the molecule is Cc1cc(C)cc(NC(=O)[C@@H](C)Sc2ccc(=O)n(-c3ccc(C)c(Cl)c3)n2)c1. The molecular weight excluding hydrogens is 406 g/mol. The minimum atomic E-state index is -0.393. The Kier molecular flexibility index (Phi) is 6.45. The van der Waals surface area contributed by atoms with Gasteiger partial charge in [-0.1, -0.05) is 35.5 Å². The number of amides is 1. The lowest BCUT2D eigenvalue weighted by Crippen LogP contribution is -2.24. The van der Waals surface area contributed by atoms with E-state index in [-0.39, 0.29) is 11.5 Å². The van der Waals surface area contributed by atoms with E-state index in [0.29, 0.717) is 15.7 Å². The summed E-state index contributed by atoms with van der Waals surface area (Å²) in [6.07, 6.45) is 0. The van der Waals surface area contributed by atoms with Crippen molar-refractivity contribution in [1.82, 2.24) is 9.78 Å². The third-order valence-electron chi connectivity index (χ3n) is 4.33. The monoisotopic (exact) mass is 427 g/mol. The summed E-state index contributed by atoms with van der Waals surface area (Å²) < 4.78 is 1.29. The molecule has 3 rings (SSSR count). The van der Waals surface area contributed by atoms with Crippen LogP contribution < -0.4 is 10.9 Å². The standard InChI is InChI=1S/C22H22ClN3O2S/c1-13-9-14(2)11-17(10-13)24-22(28)16(4)29-20-7-8-21(27)26(25-20)18-6-5-15(3)19(23)12-18/h5-12,16H,1-4H3,(H,24,28)/t16-/m1/s1. The molecule has 0 saturated carbocycles. The van der Waals surface area contributed by atoms with Gasteiger partial charge >= 0.3 is 0 Å². The zero-order valence-electron chi connectivity index (χ0n) is 16.7. The summed E-state index contributed by atoms with van der Waals surface area (Å²) in [6.45, 7) is 7.68. The van der Waals surface area contributed by atoms with Gasteiger partial charge in [0.15, 0.2) is 0 Å². The fraction of sp³-hybridized carbons (Fsp3) is 0.227. The van der Waals surface area contributed by atoms with Gasteiger partial charge in [0.25, 0.3) is 5.56 Å². The molecule has 0 fully saturated rings. The number of hydrogen-bond donors (Lipinski definition) is 1. The van der Waals surface area contributed by atoms with E-state index in [1.165, 1.54) is 22.5 Å². The Morgan fingerprint density at radius 1 is 1.07 bits per heavy atom. The first-order valence-electron chi connectivity index (χ1n) is 9.15. The minimum absolute atomic E-state index is 0.127. The summed E-state index contributed by atoms with van der Waals surface area (Å²) in [5.74, 6) is -0.127. The Balaban J connectivity index is 1.78. The van der Waals surface area contributed by atoms with Gasteiger partial charge in [0, 0.05) is 16.8 Å². The highest BCUT2D eigenvalue weighted by Crippen LogP contribution is 2.23. The van der Waals surface area contributed by atoms with Gasteiger partial charge in [-0.05, 0) is 74.7 Å². The van der Waals surface area contributed by atoms with Gasteiger partial charge in [0.2, 0.25) is 5.91 Å². The van der Waals surface area contributed by atoms with Crippen LogP contribution in [0.25, 0.3) is 5.69 Å². The summed E-state index contributed by atoms with van der Waals surface area (Å²) in [7, 11) is 0. The number of anilines is 1. The summed E-state index contributed by atoms with van der Waals surface area (Å²) in [6, 6.07) is 14.3. The van der Waals surface area contributed by atoms with Gasteiger partial charge in [-0.2, -0.15) is 9.78 Å². The zero-order valence-corrected chi connectivity index (χ0v) is 18.3. The van der Waals surface area contributed by atoms with Crippen molar-refractivity contribution in [3.8, 4) is 5.69 Å². The van der Waals surface area contributed by atoms with E-state index in [1.807, 2.05) is 45.9 Å². The van der Waals surface area contributed by atoms with Crippen LogP contribution >= 0.6 is 23.4 Å². The van der Waals surface area contributed by atoms with E-state index >= 15 is 0 Å². The average molecular weight is 428 g/mol. The van der Waals surface area contributed by atoms with Crippen LogP contribution in [0.4, 0.5) is 5.69 Å². The summed E-state index contributed by atoms with van der Waals surface area (Å²) in [4.78, 5) is 24.9. The Bertz CT molecular complexity index is 1110. The van der Waals surface area contributed by atoms with Crippen LogP contribution in [0.3, 0.4) is 0 Å². The first-order valence-corrected chi connectivity index (χ1v) is 10.4. The van der Waals surface area contributed by atoms with Crippen molar-refractivity contribution in [2.45, 2.75) is 38.0 Å². The molecule has 0 unspecified atom stereocenters. The molecule has 150 valence electrons. The average Bonchev–Trinajstić information content (AvgIpc) is 2.64. The molecule has 5 nitrogen and oxygen atoms in total. The topological polar surface area (TPSA) is 64.0 Å². The van der Waals surface area contributed by atoms with Crippen molar-refractivity contribution < 1.29 is 4.79 Å². The third kappa shape index (κ3) is 5.28. The highest BCUT2D eigenvalue weighted by atomic mass is 35.5. The predicted molar refractivity (Wildman–Crippen MR) is 119 cm³/mol. The fourth-order valence-corrected chi connectivity index (χ4v) is 3.86. The van der Waals surface area contributed by atoms with Crippen LogP contribution in [0.2, 0.25) is 5.02 Å². The lowest BCUT2D eigenvalue weighted by molar-refractivity contribution is -0.115. The molecule has 0 aliphatic heterocycles. The molecule has 7 heteroatoms. The van der Waals surface area contributed by atoms with Gasteiger partial charge in [0.05, 0.1) is 10.9 Å². The van der Waals surface area contributed by atoms with Crippen molar-refractivity contribution >= 4 is 35.0 Å². The van der Waals surface area contributed by atoms with E-state index in [9.17, 15) is 9.59 Å². The second-order valence-electron chi connectivity index (χ2n) is 6.98. The summed E-state index contributed by atoms with van der Waals surface area (Å²) in [5, 5.41) is 8.09. The highest BCUT2D eigenvalue weighted by Gasteiger charge is 2.17. The lowest BCUT2D eigenvalue weighted by Gasteiger charge is -2.13. The summed E-state index contributed by atoms with van der Waals surface area (Å²) in [5.41, 5.74) is 4.19. The van der Waals surface area contributed by atoms with E-state index in [0.717, 1.165) is 22.4 Å². The Labute approximate surface area is 179 Å². The maximum Gasteiger partial charge on any atom is 0.271 e. The van der Waals surface area contributed by atoms with E-state index in [1.54, 1.807) is 18.2 Å². The van der Waals surface area contributed by atoms with E-state index < -0.39 is 5.25 Å². The molecule has 1 aromatic heterocycles. The Morgan fingerprint density at radius 2 is 1.76 bits per heavy atom. The van der Waals surface area contributed by atoms with Crippen LogP contribution in [-0.2, 0) is 4.79 Å². The molecule has 0 aliphatic carbocycles. The second-order valence-corrected chi connectivity index (χ2v) is 8.75. The van der Waals surface area contributed by atoms with Crippen molar-refractivity contribution in [3.05, 3.63) is 80.6 Å². The number of carbonyl (C=O) groups is 1. The number of hydrogen-bond acceptors (Lipinski definition) is 4. The second kappa shape index (κ2) is 8.84. The first-order chi connectivity index (χ1) is 13.7. The first kappa shape index (κ1) is 21.1. The van der Waals surface area contributed by atoms with Gasteiger partial charge in [0.1, 0.15) is 5.03 Å². The fourth-order valence-electron chi connectivity index (χ4n) is 2.88. The van der Waals surface area contributed by atoms with Crippen molar-refractivity contribution in [1.29, 1.82) is 0 Å². The third-order valence-corrected chi connectivity index (χ3v) is 5.77. The molecule has 1 N–H and O–H groups in total. The minimum Gasteiger partial charge on any atom is -0.325 e. The molecule has 1 atom stereocenters. The molecule has 29 heavy (non-hydrogen) atoms. The number of benzene rings is 2. The summed E-state index contributed by atoms with van der Waals surface area (Å²) >= 11 is 7.47. The van der Waals surface area contributed by atoms with Crippen LogP contribution in [0.15, 0.2) is 58.4 Å². The van der Waals surface area contributed by atoms with Gasteiger partial charge < -0.3 is 5.32 Å². The Hall–Kier alpha value is -2.57. The van der Waals surface area contributed by atoms with Gasteiger partial charge in [-0.25, -0.2) is 0 Å². The van der Waals surface area contributed by atoms with Crippen LogP contribution in [0.1, 0.15) is 23.6 Å². The quantitative estimate of drug-likeness (QED) is 0.586. The Morgan fingerprint density at radius 3 is 2.41 bits per heavy atom. The number of nitrogens with one attached hydrogen (secondary N) is 1. The molecule has 0 spiro atoms. The van der Waals surface area contributed by atoms with Crippen molar-refractivity contribution in [3.63, 3.8) is 0 Å². The molecule has 0 bridgehead atoms. The highest BCUT2D eigenvalue weighted by molar-refractivity contribution is 8.00. The molecule has 0 saturated heterocycles. The number of thioether (sulfide) groups is 1. The molecule has 0 radical (unpaired) electrons. The maximum atomic E-state index is 12.6. The van der Waals surface area contributed by atoms with Crippen LogP contribution in [0.5, 0.6) is 0 Å². The number of carbonyl (C=O) groups excluding carboxylic acids is 1. The molecule has 1 heterocycles. The van der Waals surface area contributed by atoms with E-state index in [2.05, 4.69) is 16.5 Å². The lowest BCUT2D eigenvalue weighted by atomic mass is 10.1. The number of aromatic nitrogens is 2. The molecule has 1 amide bonds. The molecule has 3 aromatic rings. The molecule has 2 aromatic carbocycles. The molecular formula is C22H22ClN3O2S. The number of halogens is 1. The largest absolute Gasteiger partial charge is 0.325 e. The molecule has 0 aliphatic rings. The number of aryl methyl sites for hydroxylation is 3. The van der Waals surface area contributed by atoms with E-state index in [4.69, 9.17) is 11.6 Å². The van der Waals surface area contributed by atoms with Crippen molar-refractivity contribution in [2.24, 2.45) is 0 Å². The maximum absolute atomic E-state index is 12.6. The number of nitrogens with zero attached hydrogens (tertiary/aromatic N) is 2. The van der Waals surface area contributed by atoms with Crippen LogP contribution in [-0.4, -0.2) is 20.9 Å². The predicted octanol–water partition coefficient (Wildman–Crippen LogP) is 4.93. The van der Waals surface area contributed by atoms with Crippen molar-refractivity contribution in [2.75, 3.05) is 5.32 Å². The van der Waals surface area contributed by atoms with Gasteiger partial charge in [-0.3, -0.25) is 9.59 Å².